The van der Waals surface area contributed by atoms with Gasteiger partial charge < -0.3 is 14.5 Å². The Labute approximate surface area is 186 Å². The van der Waals surface area contributed by atoms with Gasteiger partial charge in [0.2, 0.25) is 0 Å². The molecular formula is C24H33N3O3S. The predicted octanol–water partition coefficient (Wildman–Crippen LogP) is 4.30. The lowest BCUT2D eigenvalue weighted by Crippen LogP contribution is -2.44. The molecular weight excluding hydrogens is 410 g/mol. The molecule has 0 aromatic heterocycles. The van der Waals surface area contributed by atoms with Crippen molar-refractivity contribution in [2.75, 3.05) is 50.0 Å². The summed E-state index contributed by atoms with van der Waals surface area (Å²) in [6.07, 6.45) is 6.35. The Morgan fingerprint density at radius 3 is 2.26 bits per heavy atom. The van der Waals surface area contributed by atoms with Gasteiger partial charge in [0.1, 0.15) is 5.75 Å². The Bertz CT molecular complexity index is 978. The van der Waals surface area contributed by atoms with Crippen molar-refractivity contribution in [3.8, 4) is 5.75 Å². The van der Waals surface area contributed by atoms with Gasteiger partial charge in [0.15, 0.2) is 0 Å². The minimum Gasteiger partial charge on any atom is -0.495 e. The van der Waals surface area contributed by atoms with Crippen molar-refractivity contribution in [3.63, 3.8) is 0 Å². The molecule has 0 bridgehead atoms. The molecule has 1 N–H and O–H groups in total. The number of methoxy groups -OCH3 is 1. The maximum Gasteiger partial charge on any atom is 0.261 e. The van der Waals surface area contributed by atoms with Crippen LogP contribution in [0.2, 0.25) is 0 Å². The number of hydrogen-bond donors (Lipinski definition) is 1. The molecule has 6 nitrogen and oxygen atoms in total. The number of likely N-dealkylation sites (N-methyl/N-ethyl adjacent to an activating group) is 1. The quantitative estimate of drug-likeness (QED) is 0.721. The molecule has 0 amide bonds. The van der Waals surface area contributed by atoms with Crippen LogP contribution in [0.15, 0.2) is 47.4 Å². The lowest BCUT2D eigenvalue weighted by Gasteiger charge is -2.34. The molecule has 0 atom stereocenters. The Kier molecular flexibility index (Phi) is 6.72. The van der Waals surface area contributed by atoms with Gasteiger partial charge in [-0.25, -0.2) is 8.42 Å². The van der Waals surface area contributed by atoms with Crippen molar-refractivity contribution in [1.82, 2.24) is 4.90 Å². The normalized spacial score (nSPS) is 18.7. The molecule has 1 aliphatic heterocycles. The topological polar surface area (TPSA) is 61.9 Å². The molecule has 2 aliphatic rings. The van der Waals surface area contributed by atoms with Crippen LogP contribution in [0.25, 0.3) is 0 Å². The van der Waals surface area contributed by atoms with E-state index in [2.05, 4.69) is 33.7 Å². The summed E-state index contributed by atoms with van der Waals surface area (Å²) >= 11 is 0. The molecule has 0 unspecified atom stereocenters. The Hall–Kier alpha value is -2.25. The molecule has 0 radical (unpaired) electrons. The van der Waals surface area contributed by atoms with E-state index in [1.165, 1.54) is 37.7 Å². The van der Waals surface area contributed by atoms with Gasteiger partial charge in [0, 0.05) is 31.9 Å². The molecule has 0 spiro atoms. The zero-order valence-corrected chi connectivity index (χ0v) is 19.3. The monoisotopic (exact) mass is 443 g/mol. The molecule has 1 aliphatic carbocycles. The van der Waals surface area contributed by atoms with Crippen molar-refractivity contribution < 1.29 is 13.2 Å². The lowest BCUT2D eigenvalue weighted by molar-refractivity contribution is 0.311. The zero-order chi connectivity index (χ0) is 21.8. The standard InChI is InChI=1S/C24H33N3O3S/c1-26-14-16-27(17-15-26)23-18-22(12-13-24(23)30-2)31(28,29)25-21-10-8-20(9-11-21)19-6-4-3-5-7-19/h8-13,18-19,25H,3-7,14-17H2,1-2H3. The third-order valence-corrected chi connectivity index (χ3v) is 7.92. The smallest absolute Gasteiger partial charge is 0.261 e. The predicted molar refractivity (Wildman–Crippen MR) is 126 cm³/mol. The second-order valence-electron chi connectivity index (χ2n) is 8.69. The average Bonchev–Trinajstić information content (AvgIpc) is 2.80. The van der Waals surface area contributed by atoms with Crippen LogP contribution in [-0.2, 0) is 10.0 Å². The molecule has 4 rings (SSSR count). The first-order valence-corrected chi connectivity index (χ1v) is 12.7. The fourth-order valence-electron chi connectivity index (χ4n) is 4.60. The van der Waals surface area contributed by atoms with E-state index in [1.54, 1.807) is 25.3 Å². The summed E-state index contributed by atoms with van der Waals surface area (Å²) in [4.78, 5) is 4.71. The Balaban J connectivity index is 1.52. The Morgan fingerprint density at radius 2 is 1.61 bits per heavy atom. The number of anilines is 2. The lowest BCUT2D eigenvalue weighted by atomic mass is 9.84. The maximum absolute atomic E-state index is 13.1. The van der Waals surface area contributed by atoms with E-state index in [4.69, 9.17) is 4.74 Å². The summed E-state index contributed by atoms with van der Waals surface area (Å²) in [6, 6.07) is 13.0. The third-order valence-electron chi connectivity index (χ3n) is 6.54. The van der Waals surface area contributed by atoms with Crippen LogP contribution in [0.4, 0.5) is 11.4 Å². The van der Waals surface area contributed by atoms with E-state index < -0.39 is 10.0 Å². The summed E-state index contributed by atoms with van der Waals surface area (Å²) in [6.45, 7) is 3.55. The van der Waals surface area contributed by atoms with Gasteiger partial charge in [-0.15, -0.1) is 0 Å². The van der Waals surface area contributed by atoms with Crippen LogP contribution < -0.4 is 14.4 Å². The molecule has 1 heterocycles. The molecule has 168 valence electrons. The minimum atomic E-state index is -3.69. The van der Waals surface area contributed by atoms with Crippen LogP contribution in [0, 0.1) is 0 Å². The maximum atomic E-state index is 13.1. The van der Waals surface area contributed by atoms with Gasteiger partial charge in [-0.2, -0.15) is 0 Å². The first-order valence-electron chi connectivity index (χ1n) is 11.2. The van der Waals surface area contributed by atoms with Gasteiger partial charge in [0.25, 0.3) is 10.0 Å². The van der Waals surface area contributed by atoms with E-state index in [1.807, 2.05) is 12.1 Å². The fourth-order valence-corrected chi connectivity index (χ4v) is 5.68. The van der Waals surface area contributed by atoms with E-state index in [0.717, 1.165) is 31.9 Å². The third kappa shape index (κ3) is 5.15. The number of sulfonamides is 1. The fraction of sp³-hybridized carbons (Fsp3) is 0.500. The summed E-state index contributed by atoms with van der Waals surface area (Å²) < 4.78 is 34.4. The van der Waals surface area contributed by atoms with Crippen LogP contribution in [0.1, 0.15) is 43.6 Å². The molecule has 2 aromatic carbocycles. The van der Waals surface area contributed by atoms with Gasteiger partial charge in [-0.3, -0.25) is 4.72 Å². The highest BCUT2D eigenvalue weighted by Crippen LogP contribution is 2.34. The van der Waals surface area contributed by atoms with Crippen molar-refractivity contribution in [3.05, 3.63) is 48.0 Å². The second kappa shape index (κ2) is 9.49. The highest BCUT2D eigenvalue weighted by atomic mass is 32.2. The molecule has 1 saturated carbocycles. The molecule has 1 saturated heterocycles. The molecule has 31 heavy (non-hydrogen) atoms. The number of ether oxygens (including phenoxy) is 1. The number of nitrogens with one attached hydrogen (secondary N) is 1. The average molecular weight is 444 g/mol. The van der Waals surface area contributed by atoms with Crippen LogP contribution in [-0.4, -0.2) is 53.7 Å². The second-order valence-corrected chi connectivity index (χ2v) is 10.4. The number of rotatable bonds is 6. The Morgan fingerprint density at radius 1 is 0.935 bits per heavy atom. The van der Waals surface area contributed by atoms with Crippen molar-refractivity contribution in [2.45, 2.75) is 42.9 Å². The summed E-state index contributed by atoms with van der Waals surface area (Å²) in [5.41, 5.74) is 2.73. The van der Waals surface area contributed by atoms with Crippen molar-refractivity contribution >= 4 is 21.4 Å². The highest BCUT2D eigenvalue weighted by Gasteiger charge is 2.22. The number of nitrogens with zero attached hydrogens (tertiary/aromatic N) is 2. The van der Waals surface area contributed by atoms with Gasteiger partial charge >= 0.3 is 0 Å². The van der Waals surface area contributed by atoms with Gasteiger partial charge in [0.05, 0.1) is 17.7 Å². The molecule has 7 heteroatoms. The number of piperazine rings is 1. The number of hydrogen-bond acceptors (Lipinski definition) is 5. The first-order chi connectivity index (χ1) is 15.0. The van der Waals surface area contributed by atoms with Crippen molar-refractivity contribution in [2.24, 2.45) is 0 Å². The van der Waals surface area contributed by atoms with E-state index >= 15 is 0 Å². The van der Waals surface area contributed by atoms with Crippen molar-refractivity contribution in [1.29, 1.82) is 0 Å². The SMILES string of the molecule is COc1ccc(S(=O)(=O)Nc2ccc(C3CCCCC3)cc2)cc1N1CCN(C)CC1. The van der Waals surface area contributed by atoms with E-state index in [9.17, 15) is 8.42 Å². The van der Waals surface area contributed by atoms with E-state index in [0.29, 0.717) is 17.4 Å². The van der Waals surface area contributed by atoms with Gasteiger partial charge in [-0.1, -0.05) is 31.4 Å². The van der Waals surface area contributed by atoms with Crippen LogP contribution in [0.3, 0.4) is 0 Å². The van der Waals surface area contributed by atoms with Gasteiger partial charge in [-0.05, 0) is 61.7 Å². The van der Waals surface area contributed by atoms with Crippen LogP contribution in [0.5, 0.6) is 5.75 Å². The highest BCUT2D eigenvalue weighted by molar-refractivity contribution is 7.92. The van der Waals surface area contributed by atoms with E-state index in [-0.39, 0.29) is 4.90 Å². The minimum absolute atomic E-state index is 0.249. The first kappa shape index (κ1) is 22.0. The zero-order valence-electron chi connectivity index (χ0n) is 18.5. The molecule has 2 aromatic rings. The summed E-state index contributed by atoms with van der Waals surface area (Å²) in [5, 5.41) is 0. The van der Waals surface area contributed by atoms with Crippen LogP contribution >= 0.6 is 0 Å². The molecule has 2 fully saturated rings. The summed E-state index contributed by atoms with van der Waals surface area (Å²) in [5.74, 6) is 1.30. The largest absolute Gasteiger partial charge is 0.495 e. The number of benzene rings is 2. The summed E-state index contributed by atoms with van der Waals surface area (Å²) in [7, 11) is 0.0258.